The first-order chi connectivity index (χ1) is 15.3. The fourth-order valence-corrected chi connectivity index (χ4v) is 5.06. The predicted octanol–water partition coefficient (Wildman–Crippen LogP) is 3.35. The van der Waals surface area contributed by atoms with E-state index in [1.54, 1.807) is 50.6 Å². The van der Waals surface area contributed by atoms with Crippen molar-refractivity contribution in [2.75, 3.05) is 11.8 Å². The summed E-state index contributed by atoms with van der Waals surface area (Å²) in [5.74, 6) is 0.326. The summed E-state index contributed by atoms with van der Waals surface area (Å²) in [5, 5.41) is 7.38. The Labute approximate surface area is 187 Å². The van der Waals surface area contributed by atoms with Crippen molar-refractivity contribution in [1.82, 2.24) is 15.1 Å². The monoisotopic (exact) mass is 454 g/mol. The Morgan fingerprint density at radius 1 is 1.19 bits per heavy atom. The molecule has 168 valence electrons. The van der Waals surface area contributed by atoms with Crippen molar-refractivity contribution in [3.05, 3.63) is 71.0 Å². The lowest BCUT2D eigenvalue weighted by molar-refractivity contribution is 0.0932. The summed E-state index contributed by atoms with van der Waals surface area (Å²) in [4.78, 5) is 13.1. The second-order valence-electron chi connectivity index (χ2n) is 7.90. The highest BCUT2D eigenvalue weighted by atomic mass is 32.2. The number of carbonyl (C=O) groups excluding carboxylic acids is 1. The average molecular weight is 455 g/mol. The summed E-state index contributed by atoms with van der Waals surface area (Å²) < 4.78 is 35.3. The fourth-order valence-electron chi connectivity index (χ4n) is 3.98. The zero-order valence-corrected chi connectivity index (χ0v) is 19.1. The largest absolute Gasteiger partial charge is 0.497 e. The highest BCUT2D eigenvalue weighted by Crippen LogP contribution is 2.30. The number of hydrogen-bond acceptors (Lipinski definition) is 5. The molecular formula is C23H26N4O4S. The molecule has 9 heteroatoms. The third kappa shape index (κ3) is 4.34. The van der Waals surface area contributed by atoms with Crippen LogP contribution in [0.15, 0.2) is 53.6 Å². The topological polar surface area (TPSA) is 102 Å². The molecule has 1 aliphatic rings. The number of aromatic nitrogens is 2. The van der Waals surface area contributed by atoms with Gasteiger partial charge in [-0.1, -0.05) is 6.07 Å². The molecule has 8 nitrogen and oxygen atoms in total. The van der Waals surface area contributed by atoms with Crippen molar-refractivity contribution < 1.29 is 17.9 Å². The maximum Gasteiger partial charge on any atom is 0.261 e. The van der Waals surface area contributed by atoms with Gasteiger partial charge in [-0.15, -0.1) is 0 Å². The summed E-state index contributed by atoms with van der Waals surface area (Å²) in [5.41, 5.74) is 3.59. The van der Waals surface area contributed by atoms with Gasteiger partial charge < -0.3 is 10.1 Å². The molecular weight excluding hydrogens is 428 g/mol. The molecule has 0 saturated carbocycles. The SMILES string of the molecule is COc1ccc(NS(=O)(=O)c2ccc(C)c(C(=O)NC3CCCc4c3cnn4C)c2)cc1. The maximum atomic E-state index is 13.1. The molecule has 1 heterocycles. The Kier molecular flexibility index (Phi) is 5.92. The third-order valence-electron chi connectivity index (χ3n) is 5.79. The Hall–Kier alpha value is -3.33. The predicted molar refractivity (Wildman–Crippen MR) is 121 cm³/mol. The van der Waals surface area contributed by atoms with Crippen LogP contribution in [0.1, 0.15) is 46.1 Å². The van der Waals surface area contributed by atoms with E-state index < -0.39 is 10.0 Å². The van der Waals surface area contributed by atoms with Gasteiger partial charge in [-0.25, -0.2) is 8.42 Å². The van der Waals surface area contributed by atoms with Crippen molar-refractivity contribution in [3.63, 3.8) is 0 Å². The summed E-state index contributed by atoms with van der Waals surface area (Å²) in [6, 6.07) is 11.0. The van der Waals surface area contributed by atoms with Crippen LogP contribution in [0.3, 0.4) is 0 Å². The van der Waals surface area contributed by atoms with E-state index in [4.69, 9.17) is 4.74 Å². The van der Waals surface area contributed by atoms with Crippen LogP contribution in [0.5, 0.6) is 5.75 Å². The first kappa shape index (κ1) is 21.9. The number of benzene rings is 2. The molecule has 1 aromatic heterocycles. The number of nitrogens with zero attached hydrogens (tertiary/aromatic N) is 2. The molecule has 0 fully saturated rings. The summed E-state index contributed by atoms with van der Waals surface area (Å²) in [6.07, 6.45) is 4.51. The van der Waals surface area contributed by atoms with Crippen LogP contribution in [0.25, 0.3) is 0 Å². The van der Waals surface area contributed by atoms with Crippen molar-refractivity contribution >= 4 is 21.6 Å². The molecule has 4 rings (SSSR count). The van der Waals surface area contributed by atoms with Crippen molar-refractivity contribution in [3.8, 4) is 5.75 Å². The van der Waals surface area contributed by atoms with Crippen molar-refractivity contribution in [1.29, 1.82) is 0 Å². The number of fused-ring (bicyclic) bond motifs is 1. The lowest BCUT2D eigenvalue weighted by Crippen LogP contribution is -2.31. The Bertz CT molecular complexity index is 1250. The molecule has 1 amide bonds. The van der Waals surface area contributed by atoms with E-state index in [1.165, 1.54) is 12.1 Å². The third-order valence-corrected chi connectivity index (χ3v) is 7.17. The number of sulfonamides is 1. The number of anilines is 1. The molecule has 1 aliphatic carbocycles. The zero-order valence-electron chi connectivity index (χ0n) is 18.3. The van der Waals surface area contributed by atoms with Crippen LogP contribution in [-0.4, -0.2) is 31.2 Å². The van der Waals surface area contributed by atoms with Crippen LogP contribution >= 0.6 is 0 Å². The van der Waals surface area contributed by atoms with Gasteiger partial charge in [0.25, 0.3) is 15.9 Å². The molecule has 0 spiro atoms. The van der Waals surface area contributed by atoms with Gasteiger partial charge in [0.2, 0.25) is 0 Å². The molecule has 1 unspecified atom stereocenters. The van der Waals surface area contributed by atoms with E-state index >= 15 is 0 Å². The second kappa shape index (κ2) is 8.66. The quantitative estimate of drug-likeness (QED) is 0.595. The molecule has 0 aliphatic heterocycles. The molecule has 0 radical (unpaired) electrons. The summed E-state index contributed by atoms with van der Waals surface area (Å²) in [6.45, 7) is 1.79. The minimum Gasteiger partial charge on any atom is -0.497 e. The van der Waals surface area contributed by atoms with Gasteiger partial charge in [0.1, 0.15) is 5.75 Å². The Morgan fingerprint density at radius 3 is 2.66 bits per heavy atom. The molecule has 0 bridgehead atoms. The van der Waals surface area contributed by atoms with Gasteiger partial charge in [-0.05, 0) is 68.1 Å². The normalized spacial score (nSPS) is 15.7. The molecule has 1 atom stereocenters. The van der Waals surface area contributed by atoms with Crippen LogP contribution in [0.4, 0.5) is 5.69 Å². The number of methoxy groups -OCH3 is 1. The van der Waals surface area contributed by atoms with Gasteiger partial charge >= 0.3 is 0 Å². The molecule has 2 N–H and O–H groups in total. The maximum absolute atomic E-state index is 13.1. The highest BCUT2D eigenvalue weighted by molar-refractivity contribution is 7.92. The Balaban J connectivity index is 1.56. The lowest BCUT2D eigenvalue weighted by Gasteiger charge is -2.24. The van der Waals surface area contributed by atoms with E-state index in [-0.39, 0.29) is 16.8 Å². The van der Waals surface area contributed by atoms with Crippen LogP contribution < -0.4 is 14.8 Å². The smallest absolute Gasteiger partial charge is 0.261 e. The van der Waals surface area contributed by atoms with Crippen molar-refractivity contribution in [2.45, 2.75) is 37.1 Å². The van der Waals surface area contributed by atoms with Crippen molar-refractivity contribution in [2.24, 2.45) is 7.05 Å². The molecule has 0 saturated heterocycles. The number of amides is 1. The van der Waals surface area contributed by atoms with Crippen LogP contribution in [0.2, 0.25) is 0 Å². The van der Waals surface area contributed by atoms with E-state index in [1.807, 2.05) is 11.7 Å². The van der Waals surface area contributed by atoms with Crippen LogP contribution in [0, 0.1) is 6.92 Å². The van der Waals surface area contributed by atoms with E-state index in [0.29, 0.717) is 22.6 Å². The van der Waals surface area contributed by atoms with Gasteiger partial charge in [0, 0.05) is 29.6 Å². The zero-order chi connectivity index (χ0) is 22.9. The van der Waals surface area contributed by atoms with Crippen LogP contribution in [-0.2, 0) is 23.5 Å². The van der Waals surface area contributed by atoms with E-state index in [9.17, 15) is 13.2 Å². The molecule has 3 aromatic rings. The lowest BCUT2D eigenvalue weighted by atomic mass is 9.92. The minimum atomic E-state index is -3.87. The summed E-state index contributed by atoms with van der Waals surface area (Å²) in [7, 11) is -0.426. The minimum absolute atomic E-state index is 0.0229. The first-order valence-electron chi connectivity index (χ1n) is 10.4. The van der Waals surface area contributed by atoms with Gasteiger partial charge in [-0.3, -0.25) is 14.2 Å². The molecule has 32 heavy (non-hydrogen) atoms. The molecule has 2 aromatic carbocycles. The van der Waals surface area contributed by atoms with E-state index in [0.717, 1.165) is 30.5 Å². The summed E-state index contributed by atoms with van der Waals surface area (Å²) >= 11 is 0. The standard InChI is InChI=1S/C23H26N4O4S/c1-15-7-12-18(32(29,30)26-16-8-10-17(31-3)11-9-16)13-19(15)23(28)25-21-5-4-6-22-20(21)14-24-27(22)2/h7-14,21,26H,4-6H2,1-3H3,(H,25,28). The number of nitrogens with one attached hydrogen (secondary N) is 2. The number of ether oxygens (including phenoxy) is 1. The number of carbonyl (C=O) groups is 1. The van der Waals surface area contributed by atoms with Gasteiger partial charge in [-0.2, -0.15) is 5.10 Å². The fraction of sp³-hybridized carbons (Fsp3) is 0.304. The average Bonchev–Trinajstić information content (AvgIpc) is 3.16. The highest BCUT2D eigenvalue weighted by Gasteiger charge is 2.26. The first-order valence-corrected chi connectivity index (χ1v) is 11.9. The van der Waals surface area contributed by atoms with E-state index in [2.05, 4.69) is 15.1 Å². The number of aryl methyl sites for hydroxylation is 2. The second-order valence-corrected chi connectivity index (χ2v) is 9.58. The van der Waals surface area contributed by atoms with Gasteiger partial charge in [0.05, 0.1) is 24.2 Å². The number of hydrogen-bond donors (Lipinski definition) is 2. The van der Waals surface area contributed by atoms with Gasteiger partial charge in [0.15, 0.2) is 0 Å². The number of rotatable bonds is 6. The Morgan fingerprint density at radius 2 is 1.94 bits per heavy atom.